The Morgan fingerprint density at radius 3 is 3.00 bits per heavy atom. The Bertz CT molecular complexity index is 244. The number of aliphatic carboxylic acids is 1. The van der Waals surface area contributed by atoms with Crippen LogP contribution in [0.15, 0.2) is 18.7 Å². The highest BCUT2D eigenvalue weighted by molar-refractivity contribution is 5.66. The number of aromatic nitrogens is 2. The van der Waals surface area contributed by atoms with Crippen molar-refractivity contribution >= 4 is 5.97 Å². The first-order valence-electron chi connectivity index (χ1n) is 3.89. The summed E-state index contributed by atoms with van der Waals surface area (Å²) < 4.78 is 1.91. The molecule has 12 heavy (non-hydrogen) atoms. The summed E-state index contributed by atoms with van der Waals surface area (Å²) in [6.45, 7) is 1.98. The molecule has 66 valence electrons. The molecule has 0 aromatic carbocycles. The Labute approximate surface area is 70.9 Å². The van der Waals surface area contributed by atoms with Crippen LogP contribution >= 0.6 is 0 Å². The largest absolute Gasteiger partial charge is 0.481 e. The van der Waals surface area contributed by atoms with Gasteiger partial charge in [-0.2, -0.15) is 0 Å². The van der Waals surface area contributed by atoms with E-state index in [1.807, 2.05) is 17.7 Å². The fraction of sp³-hybridized carbons (Fsp3) is 0.500. The van der Waals surface area contributed by atoms with Crippen molar-refractivity contribution in [2.75, 3.05) is 0 Å². The molecule has 1 aromatic heterocycles. The van der Waals surface area contributed by atoms with Gasteiger partial charge in [0.1, 0.15) is 0 Å². The monoisotopic (exact) mass is 168 g/mol. The zero-order chi connectivity index (χ0) is 8.97. The number of hydrogen-bond donors (Lipinski definition) is 1. The molecule has 1 aromatic rings. The molecule has 0 saturated heterocycles. The number of imidazole rings is 1. The van der Waals surface area contributed by atoms with Crippen LogP contribution in [0.25, 0.3) is 0 Å². The van der Waals surface area contributed by atoms with Crippen molar-refractivity contribution in [3.63, 3.8) is 0 Å². The van der Waals surface area contributed by atoms with Crippen molar-refractivity contribution in [3.05, 3.63) is 18.7 Å². The number of nitrogens with zero attached hydrogens (tertiary/aromatic N) is 2. The van der Waals surface area contributed by atoms with E-state index in [2.05, 4.69) is 4.98 Å². The van der Waals surface area contributed by atoms with E-state index in [-0.39, 0.29) is 12.5 Å². The second kappa shape index (κ2) is 3.90. The van der Waals surface area contributed by atoms with Crippen LogP contribution in [0, 0.1) is 0 Å². The van der Waals surface area contributed by atoms with Gasteiger partial charge in [-0.3, -0.25) is 4.79 Å². The quantitative estimate of drug-likeness (QED) is 0.737. The SMILES string of the molecule is CC(CCC(=O)O)n1ccnc1. The molecule has 0 spiro atoms. The van der Waals surface area contributed by atoms with Crippen LogP contribution in [0.4, 0.5) is 0 Å². The number of carboxylic acid groups (broad SMARTS) is 1. The first kappa shape index (κ1) is 8.77. The van der Waals surface area contributed by atoms with Gasteiger partial charge in [0.05, 0.1) is 6.33 Å². The molecule has 0 radical (unpaired) electrons. The van der Waals surface area contributed by atoms with E-state index < -0.39 is 5.97 Å². The molecular formula is C8H12N2O2. The van der Waals surface area contributed by atoms with Gasteiger partial charge in [0.15, 0.2) is 0 Å². The van der Waals surface area contributed by atoms with E-state index in [0.29, 0.717) is 6.42 Å². The zero-order valence-corrected chi connectivity index (χ0v) is 6.97. The van der Waals surface area contributed by atoms with Crippen molar-refractivity contribution in [3.8, 4) is 0 Å². The normalized spacial score (nSPS) is 12.8. The Morgan fingerprint density at radius 1 is 1.75 bits per heavy atom. The highest BCUT2D eigenvalue weighted by Crippen LogP contribution is 2.11. The third-order valence-electron chi connectivity index (χ3n) is 1.81. The Kier molecular flexibility index (Phi) is 2.85. The first-order chi connectivity index (χ1) is 5.70. The fourth-order valence-electron chi connectivity index (χ4n) is 1.01. The van der Waals surface area contributed by atoms with Crippen LogP contribution in [0.3, 0.4) is 0 Å². The standard InChI is InChI=1S/C8H12N2O2/c1-7(2-3-8(11)12)10-5-4-9-6-10/h4-7H,2-3H2,1H3,(H,11,12). The lowest BCUT2D eigenvalue weighted by atomic mass is 10.2. The smallest absolute Gasteiger partial charge is 0.303 e. The summed E-state index contributed by atoms with van der Waals surface area (Å²) in [5.74, 6) is -0.748. The van der Waals surface area contributed by atoms with Crippen LogP contribution in [-0.4, -0.2) is 20.6 Å². The van der Waals surface area contributed by atoms with Crippen LogP contribution in [0.5, 0.6) is 0 Å². The molecule has 1 unspecified atom stereocenters. The lowest BCUT2D eigenvalue weighted by Crippen LogP contribution is -2.05. The van der Waals surface area contributed by atoms with Crippen molar-refractivity contribution in [2.45, 2.75) is 25.8 Å². The number of rotatable bonds is 4. The summed E-state index contributed by atoms with van der Waals surface area (Å²) in [6.07, 6.45) is 6.08. The molecule has 4 heteroatoms. The van der Waals surface area contributed by atoms with Crippen molar-refractivity contribution in [1.29, 1.82) is 0 Å². The Balaban J connectivity index is 2.39. The molecule has 0 fully saturated rings. The van der Waals surface area contributed by atoms with Crippen LogP contribution in [0.2, 0.25) is 0 Å². The Hall–Kier alpha value is -1.32. The van der Waals surface area contributed by atoms with Crippen molar-refractivity contribution in [2.24, 2.45) is 0 Å². The van der Waals surface area contributed by atoms with Gasteiger partial charge in [-0.15, -0.1) is 0 Å². The molecule has 0 saturated carbocycles. The Morgan fingerprint density at radius 2 is 2.50 bits per heavy atom. The minimum absolute atomic E-state index is 0.208. The second-order valence-corrected chi connectivity index (χ2v) is 2.79. The van der Waals surface area contributed by atoms with E-state index in [1.165, 1.54) is 0 Å². The van der Waals surface area contributed by atoms with Gasteiger partial charge >= 0.3 is 5.97 Å². The van der Waals surface area contributed by atoms with Gasteiger partial charge in [0.25, 0.3) is 0 Å². The topological polar surface area (TPSA) is 55.1 Å². The predicted molar refractivity (Wildman–Crippen MR) is 43.8 cm³/mol. The molecule has 0 bridgehead atoms. The van der Waals surface area contributed by atoms with Crippen LogP contribution < -0.4 is 0 Å². The van der Waals surface area contributed by atoms with Gasteiger partial charge in [-0.1, -0.05) is 0 Å². The maximum absolute atomic E-state index is 10.2. The van der Waals surface area contributed by atoms with Crippen LogP contribution in [-0.2, 0) is 4.79 Å². The summed E-state index contributed by atoms with van der Waals surface area (Å²) in [4.78, 5) is 14.1. The highest BCUT2D eigenvalue weighted by Gasteiger charge is 2.05. The summed E-state index contributed by atoms with van der Waals surface area (Å²) >= 11 is 0. The second-order valence-electron chi connectivity index (χ2n) is 2.79. The van der Waals surface area contributed by atoms with Gasteiger partial charge in [0.2, 0.25) is 0 Å². The number of hydrogen-bond acceptors (Lipinski definition) is 2. The molecule has 1 atom stereocenters. The van der Waals surface area contributed by atoms with Gasteiger partial charge in [-0.05, 0) is 13.3 Å². The molecule has 0 aliphatic carbocycles. The van der Waals surface area contributed by atoms with E-state index in [9.17, 15) is 4.79 Å². The molecule has 1 N–H and O–H groups in total. The zero-order valence-electron chi connectivity index (χ0n) is 6.97. The minimum atomic E-state index is -0.748. The summed E-state index contributed by atoms with van der Waals surface area (Å²) in [6, 6.07) is 0.212. The summed E-state index contributed by atoms with van der Waals surface area (Å²) in [5, 5.41) is 8.44. The van der Waals surface area contributed by atoms with E-state index in [4.69, 9.17) is 5.11 Å². The molecule has 0 aliphatic heterocycles. The van der Waals surface area contributed by atoms with Gasteiger partial charge in [-0.25, -0.2) is 4.98 Å². The lowest BCUT2D eigenvalue weighted by Gasteiger charge is -2.10. The average Bonchev–Trinajstić information content (AvgIpc) is 2.51. The third kappa shape index (κ3) is 2.38. The molecule has 1 heterocycles. The summed E-state index contributed by atoms with van der Waals surface area (Å²) in [7, 11) is 0. The van der Waals surface area contributed by atoms with Gasteiger partial charge < -0.3 is 9.67 Å². The minimum Gasteiger partial charge on any atom is -0.481 e. The van der Waals surface area contributed by atoms with Crippen molar-refractivity contribution < 1.29 is 9.90 Å². The maximum atomic E-state index is 10.2. The highest BCUT2D eigenvalue weighted by atomic mass is 16.4. The molecule has 0 aliphatic rings. The molecule has 1 rings (SSSR count). The average molecular weight is 168 g/mol. The van der Waals surface area contributed by atoms with Crippen molar-refractivity contribution in [1.82, 2.24) is 9.55 Å². The van der Waals surface area contributed by atoms with E-state index in [0.717, 1.165) is 0 Å². The van der Waals surface area contributed by atoms with E-state index >= 15 is 0 Å². The molecule has 0 amide bonds. The maximum Gasteiger partial charge on any atom is 0.303 e. The molecular weight excluding hydrogens is 156 g/mol. The van der Waals surface area contributed by atoms with Gasteiger partial charge in [0, 0.05) is 24.9 Å². The number of carboxylic acids is 1. The van der Waals surface area contributed by atoms with E-state index in [1.54, 1.807) is 12.5 Å². The van der Waals surface area contributed by atoms with Crippen LogP contribution in [0.1, 0.15) is 25.8 Å². The molecule has 4 nitrogen and oxygen atoms in total. The lowest BCUT2D eigenvalue weighted by molar-refractivity contribution is -0.137. The fourth-order valence-corrected chi connectivity index (χ4v) is 1.01. The predicted octanol–water partition coefficient (Wildman–Crippen LogP) is 1.31. The third-order valence-corrected chi connectivity index (χ3v) is 1.81. The summed E-state index contributed by atoms with van der Waals surface area (Å²) in [5.41, 5.74) is 0. The first-order valence-corrected chi connectivity index (χ1v) is 3.89. The number of carbonyl (C=O) groups is 1.